The third-order valence-corrected chi connectivity index (χ3v) is 3.39. The highest BCUT2D eigenvalue weighted by Crippen LogP contribution is 2.38. The zero-order valence-electron chi connectivity index (χ0n) is 9.03. The summed E-state index contributed by atoms with van der Waals surface area (Å²) in [6, 6.07) is 8.77. The fourth-order valence-electron chi connectivity index (χ4n) is 2.48. The van der Waals surface area contributed by atoms with E-state index in [2.05, 4.69) is 50.3 Å². The van der Waals surface area contributed by atoms with Crippen molar-refractivity contribution in [3.63, 3.8) is 0 Å². The zero-order chi connectivity index (χ0) is 9.97. The Kier molecular flexibility index (Phi) is 2.72. The standard InChI is InChI=1S/C14H18/c1-3-11(4-2)14-10-9-12-7-5-6-8-13(12)14/h5-11,14H,3-4H2,1-2H3. The van der Waals surface area contributed by atoms with Crippen molar-refractivity contribution in [2.75, 3.05) is 0 Å². The number of fused-ring (bicyclic) bond motifs is 1. The highest BCUT2D eigenvalue weighted by molar-refractivity contribution is 5.62. The number of benzene rings is 1. The summed E-state index contributed by atoms with van der Waals surface area (Å²) in [5.74, 6) is 1.48. The number of allylic oxidation sites excluding steroid dienone is 1. The predicted molar refractivity (Wildman–Crippen MR) is 62.3 cm³/mol. The van der Waals surface area contributed by atoms with Crippen molar-refractivity contribution in [1.82, 2.24) is 0 Å². The van der Waals surface area contributed by atoms with E-state index in [4.69, 9.17) is 0 Å². The molecule has 0 spiro atoms. The van der Waals surface area contributed by atoms with Crippen molar-refractivity contribution in [2.45, 2.75) is 32.6 Å². The van der Waals surface area contributed by atoms with E-state index in [0.717, 1.165) is 5.92 Å². The Hall–Kier alpha value is -1.04. The van der Waals surface area contributed by atoms with Gasteiger partial charge in [-0.1, -0.05) is 63.1 Å². The molecule has 1 aliphatic carbocycles. The van der Waals surface area contributed by atoms with E-state index in [-0.39, 0.29) is 0 Å². The van der Waals surface area contributed by atoms with Gasteiger partial charge < -0.3 is 0 Å². The molecule has 0 heteroatoms. The van der Waals surface area contributed by atoms with Gasteiger partial charge >= 0.3 is 0 Å². The van der Waals surface area contributed by atoms with Crippen LogP contribution >= 0.6 is 0 Å². The van der Waals surface area contributed by atoms with E-state index in [1.807, 2.05) is 0 Å². The summed E-state index contributed by atoms with van der Waals surface area (Å²) in [5.41, 5.74) is 2.95. The molecule has 1 aliphatic rings. The quantitative estimate of drug-likeness (QED) is 0.662. The molecule has 0 radical (unpaired) electrons. The van der Waals surface area contributed by atoms with E-state index < -0.39 is 0 Å². The lowest BCUT2D eigenvalue weighted by atomic mass is 9.84. The molecule has 0 N–H and O–H groups in total. The number of rotatable bonds is 3. The average molecular weight is 186 g/mol. The van der Waals surface area contributed by atoms with Gasteiger partial charge in [0, 0.05) is 5.92 Å². The van der Waals surface area contributed by atoms with Gasteiger partial charge in [0.25, 0.3) is 0 Å². The molecule has 14 heavy (non-hydrogen) atoms. The van der Waals surface area contributed by atoms with Crippen LogP contribution in [0, 0.1) is 5.92 Å². The Morgan fingerprint density at radius 3 is 2.57 bits per heavy atom. The smallest absolute Gasteiger partial charge is 0.00553 e. The number of hydrogen-bond donors (Lipinski definition) is 0. The molecule has 0 heterocycles. The molecule has 0 aliphatic heterocycles. The second kappa shape index (κ2) is 4.00. The number of hydrogen-bond acceptors (Lipinski definition) is 0. The first kappa shape index (κ1) is 9.51. The molecule has 1 atom stereocenters. The first-order valence-electron chi connectivity index (χ1n) is 5.64. The molecule has 0 amide bonds. The topological polar surface area (TPSA) is 0 Å². The van der Waals surface area contributed by atoms with Gasteiger partial charge in [0.15, 0.2) is 0 Å². The maximum Gasteiger partial charge on any atom is 0.00553 e. The van der Waals surface area contributed by atoms with Crippen molar-refractivity contribution in [3.8, 4) is 0 Å². The Bertz CT molecular complexity index is 332. The minimum atomic E-state index is 0.668. The SMILES string of the molecule is CCC(CC)C1C=Cc2ccccc21. The van der Waals surface area contributed by atoms with Gasteiger partial charge in [-0.2, -0.15) is 0 Å². The van der Waals surface area contributed by atoms with E-state index in [1.165, 1.54) is 24.0 Å². The van der Waals surface area contributed by atoms with Crippen LogP contribution < -0.4 is 0 Å². The van der Waals surface area contributed by atoms with Crippen LogP contribution in [-0.4, -0.2) is 0 Å². The molecule has 74 valence electrons. The molecule has 1 aromatic carbocycles. The highest BCUT2D eigenvalue weighted by Gasteiger charge is 2.22. The normalized spacial score (nSPS) is 18.9. The van der Waals surface area contributed by atoms with Crippen LogP contribution in [-0.2, 0) is 0 Å². The molecule has 0 fully saturated rings. The second-order valence-electron chi connectivity index (χ2n) is 4.09. The first-order chi connectivity index (χ1) is 6.86. The summed E-state index contributed by atoms with van der Waals surface area (Å²) in [6.45, 7) is 4.59. The van der Waals surface area contributed by atoms with Crippen molar-refractivity contribution in [1.29, 1.82) is 0 Å². The summed E-state index contributed by atoms with van der Waals surface area (Å²) in [7, 11) is 0. The summed E-state index contributed by atoms with van der Waals surface area (Å²) in [4.78, 5) is 0. The van der Waals surface area contributed by atoms with Gasteiger partial charge in [0.2, 0.25) is 0 Å². The van der Waals surface area contributed by atoms with Gasteiger partial charge in [0.05, 0.1) is 0 Å². The van der Waals surface area contributed by atoms with E-state index >= 15 is 0 Å². The third-order valence-electron chi connectivity index (χ3n) is 3.39. The zero-order valence-corrected chi connectivity index (χ0v) is 9.03. The lowest BCUT2D eigenvalue weighted by Crippen LogP contribution is -2.07. The summed E-state index contributed by atoms with van der Waals surface area (Å²) < 4.78 is 0. The van der Waals surface area contributed by atoms with E-state index in [0.29, 0.717) is 5.92 Å². The molecule has 1 aromatic rings. The Morgan fingerprint density at radius 2 is 1.86 bits per heavy atom. The van der Waals surface area contributed by atoms with Gasteiger partial charge in [0.1, 0.15) is 0 Å². The maximum atomic E-state index is 2.38. The van der Waals surface area contributed by atoms with Crippen LogP contribution in [0.1, 0.15) is 43.7 Å². The van der Waals surface area contributed by atoms with Crippen LogP contribution in [0.4, 0.5) is 0 Å². The average Bonchev–Trinajstić information content (AvgIpc) is 2.65. The summed E-state index contributed by atoms with van der Waals surface area (Å²) >= 11 is 0. The molecule has 0 nitrogen and oxygen atoms in total. The summed E-state index contributed by atoms with van der Waals surface area (Å²) in [6.07, 6.45) is 7.21. The second-order valence-corrected chi connectivity index (χ2v) is 4.09. The minimum absolute atomic E-state index is 0.668. The predicted octanol–water partition coefficient (Wildman–Crippen LogP) is 4.23. The Labute approximate surface area is 86.7 Å². The lowest BCUT2D eigenvalue weighted by molar-refractivity contribution is 0.450. The van der Waals surface area contributed by atoms with E-state index in [9.17, 15) is 0 Å². The van der Waals surface area contributed by atoms with Crippen molar-refractivity contribution >= 4 is 6.08 Å². The van der Waals surface area contributed by atoms with E-state index in [1.54, 1.807) is 0 Å². The van der Waals surface area contributed by atoms with Gasteiger partial charge in [-0.15, -0.1) is 0 Å². The molecule has 0 bridgehead atoms. The maximum absolute atomic E-state index is 2.38. The fourth-order valence-corrected chi connectivity index (χ4v) is 2.48. The monoisotopic (exact) mass is 186 g/mol. The van der Waals surface area contributed by atoms with Crippen molar-refractivity contribution in [2.24, 2.45) is 5.92 Å². The third kappa shape index (κ3) is 1.50. The largest absolute Gasteiger partial charge is 0.0761 e. The summed E-state index contributed by atoms with van der Waals surface area (Å²) in [5, 5.41) is 0. The molecular weight excluding hydrogens is 168 g/mol. The molecule has 1 unspecified atom stereocenters. The van der Waals surface area contributed by atoms with Crippen molar-refractivity contribution in [3.05, 3.63) is 41.5 Å². The van der Waals surface area contributed by atoms with Crippen LogP contribution in [0.15, 0.2) is 30.3 Å². The lowest BCUT2D eigenvalue weighted by Gasteiger charge is -2.20. The highest BCUT2D eigenvalue weighted by atomic mass is 14.3. The fraction of sp³-hybridized carbons (Fsp3) is 0.429. The molecule has 0 aromatic heterocycles. The molecule has 2 rings (SSSR count). The van der Waals surface area contributed by atoms with Gasteiger partial charge in [-0.25, -0.2) is 0 Å². The minimum Gasteiger partial charge on any atom is -0.0761 e. The van der Waals surface area contributed by atoms with Crippen LogP contribution in [0.3, 0.4) is 0 Å². The molecule has 0 saturated heterocycles. The molecular formula is C14H18. The van der Waals surface area contributed by atoms with Gasteiger partial charge in [-0.3, -0.25) is 0 Å². The van der Waals surface area contributed by atoms with Crippen LogP contribution in [0.25, 0.3) is 6.08 Å². The van der Waals surface area contributed by atoms with Crippen LogP contribution in [0.5, 0.6) is 0 Å². The van der Waals surface area contributed by atoms with Crippen molar-refractivity contribution < 1.29 is 0 Å². The van der Waals surface area contributed by atoms with Gasteiger partial charge in [-0.05, 0) is 17.0 Å². The Morgan fingerprint density at radius 1 is 1.14 bits per heavy atom. The Balaban J connectivity index is 2.29. The molecule has 0 saturated carbocycles. The first-order valence-corrected chi connectivity index (χ1v) is 5.64. The van der Waals surface area contributed by atoms with Crippen LogP contribution in [0.2, 0.25) is 0 Å².